The number of nitrogens with two attached hydrogens (primary N) is 1. The van der Waals surface area contributed by atoms with Gasteiger partial charge in [0.25, 0.3) is 0 Å². The van der Waals surface area contributed by atoms with E-state index in [1.165, 1.54) is 5.56 Å². The van der Waals surface area contributed by atoms with Gasteiger partial charge >= 0.3 is 0 Å². The van der Waals surface area contributed by atoms with Gasteiger partial charge in [0.1, 0.15) is 5.82 Å². The number of rotatable bonds is 4. The van der Waals surface area contributed by atoms with E-state index in [9.17, 15) is 0 Å². The minimum atomic E-state index is 0.191. The predicted molar refractivity (Wildman–Crippen MR) is 68.6 cm³/mol. The zero-order chi connectivity index (χ0) is 12.3. The van der Waals surface area contributed by atoms with E-state index >= 15 is 0 Å². The number of nitrogens with one attached hydrogen (secondary N) is 1. The minimum absolute atomic E-state index is 0.191. The molecule has 1 atom stereocenters. The van der Waals surface area contributed by atoms with Crippen molar-refractivity contribution < 1.29 is 4.74 Å². The number of benzene rings is 1. The third kappa shape index (κ3) is 2.65. The number of nitrogens with zero attached hydrogens (tertiary/aromatic N) is 1. The van der Waals surface area contributed by atoms with E-state index in [0.717, 1.165) is 17.7 Å². The number of aromatic nitrogens is 2. The topological polar surface area (TPSA) is 63.9 Å². The fraction of sp³-hybridized carbons (Fsp3) is 0.308. The Morgan fingerprint density at radius 3 is 2.82 bits per heavy atom. The van der Waals surface area contributed by atoms with E-state index in [1.54, 1.807) is 7.11 Å². The van der Waals surface area contributed by atoms with Crippen molar-refractivity contribution in [1.82, 2.24) is 10.2 Å². The molecule has 17 heavy (non-hydrogen) atoms. The Morgan fingerprint density at radius 2 is 2.18 bits per heavy atom. The third-order valence-electron chi connectivity index (χ3n) is 2.81. The van der Waals surface area contributed by atoms with Crippen LogP contribution in [0.1, 0.15) is 12.5 Å². The van der Waals surface area contributed by atoms with Gasteiger partial charge in [-0.25, -0.2) is 0 Å². The first-order valence-corrected chi connectivity index (χ1v) is 5.62. The highest BCUT2D eigenvalue weighted by Gasteiger charge is 2.09. The molecule has 0 fully saturated rings. The second-order valence-electron chi connectivity index (χ2n) is 4.11. The van der Waals surface area contributed by atoms with Crippen LogP contribution in [0.25, 0.3) is 11.3 Å². The van der Waals surface area contributed by atoms with Crippen LogP contribution in [0.3, 0.4) is 0 Å². The summed E-state index contributed by atoms with van der Waals surface area (Å²) in [5.41, 5.74) is 8.93. The summed E-state index contributed by atoms with van der Waals surface area (Å²) >= 11 is 0. The van der Waals surface area contributed by atoms with Gasteiger partial charge in [-0.3, -0.25) is 5.10 Å². The van der Waals surface area contributed by atoms with Crippen molar-refractivity contribution in [3.05, 3.63) is 35.9 Å². The summed E-state index contributed by atoms with van der Waals surface area (Å²) in [6.45, 7) is 2.05. The molecule has 0 aliphatic carbocycles. The van der Waals surface area contributed by atoms with Crippen molar-refractivity contribution in [2.75, 3.05) is 12.8 Å². The second-order valence-corrected chi connectivity index (χ2v) is 4.11. The smallest absolute Gasteiger partial charge is 0.145 e. The molecular formula is C13H17N3O. The minimum Gasteiger partial charge on any atom is -0.382 e. The van der Waals surface area contributed by atoms with Crippen LogP contribution in [0, 0.1) is 0 Å². The zero-order valence-corrected chi connectivity index (χ0v) is 10.1. The molecule has 0 aliphatic heterocycles. The molecule has 1 aromatic heterocycles. The summed E-state index contributed by atoms with van der Waals surface area (Å²) < 4.78 is 5.30. The summed E-state index contributed by atoms with van der Waals surface area (Å²) in [4.78, 5) is 0. The van der Waals surface area contributed by atoms with Gasteiger partial charge in [0.05, 0.1) is 11.8 Å². The van der Waals surface area contributed by atoms with Gasteiger partial charge in [-0.15, -0.1) is 0 Å². The molecule has 90 valence electrons. The lowest BCUT2D eigenvalue weighted by molar-refractivity contribution is 0.119. The summed E-state index contributed by atoms with van der Waals surface area (Å²) in [5.74, 6) is 0.509. The molecule has 1 heterocycles. The van der Waals surface area contributed by atoms with Gasteiger partial charge in [0, 0.05) is 18.7 Å². The molecule has 2 rings (SSSR count). The Hall–Kier alpha value is -1.81. The van der Waals surface area contributed by atoms with Gasteiger partial charge in [-0.2, -0.15) is 5.10 Å². The summed E-state index contributed by atoms with van der Waals surface area (Å²) in [7, 11) is 1.72. The van der Waals surface area contributed by atoms with Crippen molar-refractivity contribution in [2.24, 2.45) is 0 Å². The molecule has 0 radical (unpaired) electrons. The molecule has 4 nitrogen and oxygen atoms in total. The van der Waals surface area contributed by atoms with E-state index in [2.05, 4.69) is 29.3 Å². The Kier molecular flexibility index (Phi) is 3.44. The van der Waals surface area contributed by atoms with Crippen molar-refractivity contribution in [2.45, 2.75) is 19.4 Å². The maximum absolute atomic E-state index is 5.63. The average molecular weight is 231 g/mol. The number of anilines is 1. The molecule has 1 aromatic carbocycles. The lowest BCUT2D eigenvalue weighted by atomic mass is 10.00. The molecule has 4 heteroatoms. The molecule has 0 aliphatic rings. The quantitative estimate of drug-likeness (QED) is 0.848. The zero-order valence-electron chi connectivity index (χ0n) is 10.1. The van der Waals surface area contributed by atoms with Gasteiger partial charge in [0.2, 0.25) is 0 Å². The van der Waals surface area contributed by atoms with Crippen LogP contribution in [-0.2, 0) is 11.2 Å². The van der Waals surface area contributed by atoms with Crippen LogP contribution >= 0.6 is 0 Å². The van der Waals surface area contributed by atoms with Crippen molar-refractivity contribution in [1.29, 1.82) is 0 Å². The number of methoxy groups -OCH3 is 1. The number of H-pyrrole nitrogens is 1. The molecule has 0 bridgehead atoms. The highest BCUT2D eigenvalue weighted by molar-refractivity contribution is 5.65. The fourth-order valence-corrected chi connectivity index (χ4v) is 1.83. The van der Waals surface area contributed by atoms with Crippen LogP contribution in [-0.4, -0.2) is 23.4 Å². The molecule has 0 spiro atoms. The Morgan fingerprint density at radius 1 is 1.41 bits per heavy atom. The first-order chi connectivity index (χ1) is 8.20. The monoisotopic (exact) mass is 231 g/mol. The molecule has 0 amide bonds. The Bertz CT molecular complexity index is 493. The van der Waals surface area contributed by atoms with Gasteiger partial charge in [-0.05, 0) is 18.9 Å². The predicted octanol–water partition coefficient (Wildman–Crippen LogP) is 2.24. The number of aromatic amines is 1. The molecule has 3 N–H and O–H groups in total. The number of ether oxygens (including phenoxy) is 1. The van der Waals surface area contributed by atoms with Crippen LogP contribution in [0.5, 0.6) is 0 Å². The van der Waals surface area contributed by atoms with Crippen LogP contribution in [0.15, 0.2) is 30.3 Å². The average Bonchev–Trinajstić information content (AvgIpc) is 2.76. The molecular weight excluding hydrogens is 214 g/mol. The highest BCUT2D eigenvalue weighted by Crippen LogP contribution is 2.24. The lowest BCUT2D eigenvalue weighted by Gasteiger charge is -2.12. The van der Waals surface area contributed by atoms with Crippen molar-refractivity contribution >= 4 is 5.82 Å². The molecule has 2 aromatic rings. The van der Waals surface area contributed by atoms with E-state index in [1.807, 2.05) is 18.2 Å². The maximum atomic E-state index is 5.63. The number of hydrogen-bond acceptors (Lipinski definition) is 3. The molecule has 0 saturated carbocycles. The van der Waals surface area contributed by atoms with Crippen LogP contribution in [0.2, 0.25) is 0 Å². The van der Waals surface area contributed by atoms with Crippen molar-refractivity contribution in [3.63, 3.8) is 0 Å². The summed E-state index contributed by atoms with van der Waals surface area (Å²) in [5, 5.41) is 6.89. The maximum Gasteiger partial charge on any atom is 0.145 e. The number of nitrogen functional groups attached to an aromatic ring is 1. The Labute approximate surface area is 101 Å². The van der Waals surface area contributed by atoms with Gasteiger partial charge < -0.3 is 10.5 Å². The normalized spacial score (nSPS) is 12.6. The molecule has 0 saturated heterocycles. The van der Waals surface area contributed by atoms with Crippen molar-refractivity contribution in [3.8, 4) is 11.3 Å². The lowest BCUT2D eigenvalue weighted by Crippen LogP contribution is -2.09. The largest absolute Gasteiger partial charge is 0.382 e. The fourth-order valence-electron chi connectivity index (χ4n) is 1.83. The first-order valence-electron chi connectivity index (χ1n) is 5.62. The first kappa shape index (κ1) is 11.7. The molecule has 1 unspecified atom stereocenters. The number of hydrogen-bond donors (Lipinski definition) is 2. The van der Waals surface area contributed by atoms with E-state index in [0.29, 0.717) is 5.82 Å². The van der Waals surface area contributed by atoms with Crippen LogP contribution in [0.4, 0.5) is 5.82 Å². The van der Waals surface area contributed by atoms with E-state index in [-0.39, 0.29) is 6.10 Å². The summed E-state index contributed by atoms with van der Waals surface area (Å²) in [6.07, 6.45) is 1.06. The van der Waals surface area contributed by atoms with Gasteiger partial charge in [-0.1, -0.05) is 24.3 Å². The third-order valence-corrected chi connectivity index (χ3v) is 2.81. The van der Waals surface area contributed by atoms with Gasteiger partial charge in [0.15, 0.2) is 0 Å². The summed E-state index contributed by atoms with van der Waals surface area (Å²) in [6, 6.07) is 10.0. The highest BCUT2D eigenvalue weighted by atomic mass is 16.5. The standard InChI is InChI=1S/C13H17N3O/c1-9(17-2)7-10-5-3-4-6-11(10)12-8-13(14)16-15-12/h3-6,8-9H,7H2,1-2H3,(H3,14,15,16). The van der Waals surface area contributed by atoms with Crippen LogP contribution < -0.4 is 5.73 Å². The second kappa shape index (κ2) is 5.01. The Balaban J connectivity index is 2.33. The van der Waals surface area contributed by atoms with E-state index in [4.69, 9.17) is 10.5 Å². The van der Waals surface area contributed by atoms with E-state index < -0.39 is 0 Å². The SMILES string of the molecule is COC(C)Cc1ccccc1-c1cc(N)n[nH]1.